The maximum absolute atomic E-state index is 13.3. The minimum atomic E-state index is -0.611. The van der Waals surface area contributed by atoms with Crippen molar-refractivity contribution in [3.05, 3.63) is 52.4 Å². The van der Waals surface area contributed by atoms with E-state index in [2.05, 4.69) is 0 Å². The van der Waals surface area contributed by atoms with Crippen LogP contribution in [0, 0.1) is 0 Å². The highest BCUT2D eigenvalue weighted by molar-refractivity contribution is 5.92. The minimum Gasteiger partial charge on any atom is -0.497 e. The highest BCUT2D eigenvalue weighted by atomic mass is 16.5. The second kappa shape index (κ2) is 8.69. The van der Waals surface area contributed by atoms with Crippen LogP contribution in [0.5, 0.6) is 17.2 Å². The summed E-state index contributed by atoms with van der Waals surface area (Å²) in [5.74, 6) is -0.241. The average molecular weight is 412 g/mol. The molecule has 8 heteroatoms. The number of ether oxygens (including phenoxy) is 4. The largest absolute Gasteiger partial charge is 0.497 e. The van der Waals surface area contributed by atoms with Gasteiger partial charge in [-0.3, -0.25) is 14.4 Å². The van der Waals surface area contributed by atoms with Crippen LogP contribution in [0.15, 0.2) is 45.8 Å². The molecule has 2 aromatic carbocycles. The van der Waals surface area contributed by atoms with E-state index in [-0.39, 0.29) is 34.6 Å². The van der Waals surface area contributed by atoms with Gasteiger partial charge in [-0.05, 0) is 17.7 Å². The predicted molar refractivity (Wildman–Crippen MR) is 108 cm³/mol. The lowest BCUT2D eigenvalue weighted by Gasteiger charge is -2.15. The topological polar surface area (TPSA) is 101 Å². The molecule has 0 spiro atoms. The summed E-state index contributed by atoms with van der Waals surface area (Å²) < 4.78 is 26.6. The number of esters is 2. The summed E-state index contributed by atoms with van der Waals surface area (Å²) in [6.45, 7) is 2.31. The summed E-state index contributed by atoms with van der Waals surface area (Å²) in [7, 11) is 2.95. The number of hydrogen-bond acceptors (Lipinski definition) is 8. The van der Waals surface area contributed by atoms with Gasteiger partial charge in [-0.25, -0.2) is 0 Å². The number of benzene rings is 2. The van der Waals surface area contributed by atoms with Gasteiger partial charge in [0.1, 0.15) is 35.5 Å². The first-order chi connectivity index (χ1) is 14.3. The number of methoxy groups -OCH3 is 2. The summed E-state index contributed by atoms with van der Waals surface area (Å²) in [6.07, 6.45) is 1.31. The Bertz CT molecular complexity index is 1160. The van der Waals surface area contributed by atoms with Crippen molar-refractivity contribution in [3.63, 3.8) is 0 Å². The van der Waals surface area contributed by atoms with E-state index in [1.54, 1.807) is 31.4 Å². The molecule has 0 radical (unpaired) electrons. The van der Waals surface area contributed by atoms with Crippen molar-refractivity contribution in [2.75, 3.05) is 14.2 Å². The highest BCUT2D eigenvalue weighted by Crippen LogP contribution is 2.36. The summed E-state index contributed by atoms with van der Waals surface area (Å²) in [5, 5.41) is 0.0430. The van der Waals surface area contributed by atoms with Crippen molar-refractivity contribution in [2.45, 2.75) is 20.5 Å². The second-order valence-corrected chi connectivity index (χ2v) is 6.34. The van der Waals surface area contributed by atoms with Crippen molar-refractivity contribution in [1.82, 2.24) is 0 Å². The van der Waals surface area contributed by atoms with Gasteiger partial charge in [0.2, 0.25) is 5.43 Å². The van der Waals surface area contributed by atoms with E-state index < -0.39 is 17.4 Å². The molecule has 1 aromatic heterocycles. The number of rotatable bonds is 6. The van der Waals surface area contributed by atoms with Gasteiger partial charge in [-0.1, -0.05) is 12.1 Å². The molecule has 0 fully saturated rings. The molecule has 0 saturated carbocycles. The molecule has 0 aliphatic rings. The van der Waals surface area contributed by atoms with Crippen molar-refractivity contribution in [2.24, 2.45) is 0 Å². The number of fused-ring (bicyclic) bond motifs is 1. The predicted octanol–water partition coefficient (Wildman–Crippen LogP) is 3.47. The van der Waals surface area contributed by atoms with Crippen LogP contribution in [0.2, 0.25) is 0 Å². The van der Waals surface area contributed by atoms with Gasteiger partial charge in [0.25, 0.3) is 0 Å². The third kappa shape index (κ3) is 4.12. The lowest BCUT2D eigenvalue weighted by molar-refractivity contribution is -0.142. The SMILES string of the molecule is COc1ccc(-c2coc3c(COC(C)=O)c(OC)cc(OC(C)=O)c3c2=O)cc1. The van der Waals surface area contributed by atoms with E-state index in [4.69, 9.17) is 23.4 Å². The number of carbonyl (C=O) groups is 2. The van der Waals surface area contributed by atoms with Crippen LogP contribution in [0.1, 0.15) is 19.4 Å². The van der Waals surface area contributed by atoms with Crippen LogP contribution in [-0.4, -0.2) is 26.2 Å². The molecule has 30 heavy (non-hydrogen) atoms. The Balaban J connectivity index is 2.29. The van der Waals surface area contributed by atoms with E-state index >= 15 is 0 Å². The molecule has 0 aliphatic heterocycles. The first-order valence-corrected chi connectivity index (χ1v) is 8.97. The quantitative estimate of drug-likeness (QED) is 0.448. The van der Waals surface area contributed by atoms with Crippen LogP contribution in [0.25, 0.3) is 22.1 Å². The van der Waals surface area contributed by atoms with E-state index in [1.807, 2.05) is 0 Å². The van der Waals surface area contributed by atoms with E-state index in [1.165, 1.54) is 33.3 Å². The highest BCUT2D eigenvalue weighted by Gasteiger charge is 2.22. The van der Waals surface area contributed by atoms with Crippen molar-refractivity contribution >= 4 is 22.9 Å². The van der Waals surface area contributed by atoms with Crippen molar-refractivity contribution < 1.29 is 33.0 Å². The van der Waals surface area contributed by atoms with E-state index in [9.17, 15) is 14.4 Å². The first-order valence-electron chi connectivity index (χ1n) is 8.97. The Morgan fingerprint density at radius 3 is 2.23 bits per heavy atom. The summed E-state index contributed by atoms with van der Waals surface area (Å²) in [4.78, 5) is 36.2. The standard InChI is InChI=1S/C22H20O8/c1-12(23)28-11-17-18(27-4)9-19(30-13(2)24)20-21(25)16(10-29-22(17)20)14-5-7-15(26-3)8-6-14/h5-10H,11H2,1-4H3. The molecular formula is C22H20O8. The normalized spacial score (nSPS) is 10.5. The van der Waals surface area contributed by atoms with Crippen LogP contribution in [-0.2, 0) is 20.9 Å². The molecule has 0 unspecified atom stereocenters. The summed E-state index contributed by atoms with van der Waals surface area (Å²) >= 11 is 0. The van der Waals surface area contributed by atoms with Gasteiger partial charge in [0, 0.05) is 19.9 Å². The van der Waals surface area contributed by atoms with Gasteiger partial charge >= 0.3 is 11.9 Å². The number of hydrogen-bond donors (Lipinski definition) is 0. The molecule has 156 valence electrons. The smallest absolute Gasteiger partial charge is 0.308 e. The van der Waals surface area contributed by atoms with Crippen LogP contribution in [0.3, 0.4) is 0 Å². The number of carbonyl (C=O) groups excluding carboxylic acids is 2. The lowest BCUT2D eigenvalue weighted by Crippen LogP contribution is -2.12. The zero-order valence-corrected chi connectivity index (χ0v) is 16.9. The Labute approximate surface area is 171 Å². The maximum atomic E-state index is 13.3. The fourth-order valence-electron chi connectivity index (χ4n) is 3.00. The molecular weight excluding hydrogens is 392 g/mol. The third-order valence-corrected chi connectivity index (χ3v) is 4.37. The zero-order valence-electron chi connectivity index (χ0n) is 16.9. The van der Waals surface area contributed by atoms with E-state index in [0.29, 0.717) is 16.9 Å². The third-order valence-electron chi connectivity index (χ3n) is 4.37. The van der Waals surface area contributed by atoms with Crippen LogP contribution >= 0.6 is 0 Å². The summed E-state index contributed by atoms with van der Waals surface area (Å²) in [5.41, 5.74) is 0.898. The van der Waals surface area contributed by atoms with Crippen molar-refractivity contribution in [3.8, 4) is 28.4 Å². The molecule has 1 heterocycles. The monoisotopic (exact) mass is 412 g/mol. The van der Waals surface area contributed by atoms with Crippen LogP contribution < -0.4 is 19.6 Å². The molecule has 8 nitrogen and oxygen atoms in total. The summed E-state index contributed by atoms with van der Waals surface area (Å²) in [6, 6.07) is 8.26. The van der Waals surface area contributed by atoms with Gasteiger partial charge in [0.05, 0.1) is 25.3 Å². The van der Waals surface area contributed by atoms with Crippen LogP contribution in [0.4, 0.5) is 0 Å². The van der Waals surface area contributed by atoms with E-state index in [0.717, 1.165) is 0 Å². The first kappa shape index (κ1) is 20.9. The van der Waals surface area contributed by atoms with Gasteiger partial charge < -0.3 is 23.4 Å². The van der Waals surface area contributed by atoms with Gasteiger partial charge in [-0.2, -0.15) is 0 Å². The Morgan fingerprint density at radius 1 is 0.967 bits per heavy atom. The molecule has 0 saturated heterocycles. The maximum Gasteiger partial charge on any atom is 0.308 e. The minimum absolute atomic E-state index is 0.00923. The Hall–Kier alpha value is -3.81. The van der Waals surface area contributed by atoms with Crippen molar-refractivity contribution in [1.29, 1.82) is 0 Å². The fourth-order valence-corrected chi connectivity index (χ4v) is 3.00. The zero-order chi connectivity index (χ0) is 21.8. The Morgan fingerprint density at radius 2 is 1.67 bits per heavy atom. The molecule has 0 amide bonds. The molecule has 3 aromatic rings. The Kier molecular flexibility index (Phi) is 6.06. The second-order valence-electron chi connectivity index (χ2n) is 6.34. The molecule has 0 atom stereocenters. The molecule has 3 rings (SSSR count). The molecule has 0 aliphatic carbocycles. The molecule has 0 bridgehead atoms. The van der Waals surface area contributed by atoms with Gasteiger partial charge in [-0.15, -0.1) is 0 Å². The fraction of sp³-hybridized carbons (Fsp3) is 0.227. The van der Waals surface area contributed by atoms with Gasteiger partial charge in [0.15, 0.2) is 5.58 Å². The average Bonchev–Trinajstić information content (AvgIpc) is 2.72. The lowest BCUT2D eigenvalue weighted by atomic mass is 10.0. The molecule has 0 N–H and O–H groups in total.